The molecule has 2 atom stereocenters. The van der Waals surface area contributed by atoms with E-state index in [4.69, 9.17) is 5.73 Å². The van der Waals surface area contributed by atoms with Crippen LogP contribution >= 0.6 is 0 Å². The SMILES string of the molecule is N[C@@H]1CCCC[C@H]1CN1CCCCC1. The first-order valence-electron chi connectivity index (χ1n) is 6.34. The molecular weight excluding hydrogens is 172 g/mol. The Bertz CT molecular complexity index is 164. The minimum Gasteiger partial charge on any atom is -0.327 e. The molecule has 82 valence electrons. The number of nitrogens with two attached hydrogens (primary N) is 1. The van der Waals surface area contributed by atoms with Crippen LogP contribution in [0.4, 0.5) is 0 Å². The Morgan fingerprint density at radius 2 is 1.64 bits per heavy atom. The Morgan fingerprint density at radius 1 is 0.929 bits per heavy atom. The standard InChI is InChI=1S/C12H24N2/c13-12-7-3-2-6-11(12)10-14-8-4-1-5-9-14/h11-12H,1-10,13H2/t11-,12+/m0/s1. The van der Waals surface area contributed by atoms with Crippen LogP contribution in [0.2, 0.25) is 0 Å². The lowest BCUT2D eigenvalue weighted by Gasteiger charge is -2.35. The summed E-state index contributed by atoms with van der Waals surface area (Å²) in [6.07, 6.45) is 9.65. The maximum Gasteiger partial charge on any atom is 0.00793 e. The third-order valence-electron chi connectivity index (χ3n) is 3.91. The van der Waals surface area contributed by atoms with E-state index in [0.29, 0.717) is 6.04 Å². The van der Waals surface area contributed by atoms with Crippen molar-refractivity contribution in [2.75, 3.05) is 19.6 Å². The van der Waals surface area contributed by atoms with Crippen molar-refractivity contribution in [2.24, 2.45) is 11.7 Å². The third-order valence-corrected chi connectivity index (χ3v) is 3.91. The molecule has 2 N–H and O–H groups in total. The van der Waals surface area contributed by atoms with Gasteiger partial charge in [-0.25, -0.2) is 0 Å². The molecule has 0 amide bonds. The predicted octanol–water partition coefficient (Wildman–Crippen LogP) is 1.99. The van der Waals surface area contributed by atoms with Gasteiger partial charge >= 0.3 is 0 Å². The van der Waals surface area contributed by atoms with Crippen LogP contribution in [0.1, 0.15) is 44.9 Å². The van der Waals surface area contributed by atoms with Crippen molar-refractivity contribution in [3.63, 3.8) is 0 Å². The lowest BCUT2D eigenvalue weighted by atomic mass is 9.84. The second kappa shape index (κ2) is 5.13. The van der Waals surface area contributed by atoms with E-state index in [2.05, 4.69) is 4.90 Å². The van der Waals surface area contributed by atoms with Crippen molar-refractivity contribution in [3.8, 4) is 0 Å². The molecule has 0 spiro atoms. The summed E-state index contributed by atoms with van der Waals surface area (Å²) < 4.78 is 0. The van der Waals surface area contributed by atoms with E-state index in [9.17, 15) is 0 Å². The number of hydrogen-bond donors (Lipinski definition) is 1. The van der Waals surface area contributed by atoms with Crippen LogP contribution < -0.4 is 5.73 Å². The van der Waals surface area contributed by atoms with Gasteiger partial charge in [0.2, 0.25) is 0 Å². The van der Waals surface area contributed by atoms with Gasteiger partial charge in [0.25, 0.3) is 0 Å². The highest BCUT2D eigenvalue weighted by atomic mass is 15.1. The smallest absolute Gasteiger partial charge is 0.00793 e. The van der Waals surface area contributed by atoms with E-state index in [-0.39, 0.29) is 0 Å². The van der Waals surface area contributed by atoms with Gasteiger partial charge in [-0.2, -0.15) is 0 Å². The number of piperidine rings is 1. The zero-order valence-electron chi connectivity index (χ0n) is 9.25. The molecule has 0 bridgehead atoms. The summed E-state index contributed by atoms with van der Waals surface area (Å²) in [4.78, 5) is 2.64. The van der Waals surface area contributed by atoms with Gasteiger partial charge in [0.1, 0.15) is 0 Å². The molecule has 0 aromatic carbocycles. The second-order valence-corrected chi connectivity index (χ2v) is 5.07. The van der Waals surface area contributed by atoms with Crippen molar-refractivity contribution in [1.29, 1.82) is 0 Å². The molecule has 1 aliphatic carbocycles. The zero-order valence-corrected chi connectivity index (χ0v) is 9.25. The quantitative estimate of drug-likeness (QED) is 0.732. The number of likely N-dealkylation sites (tertiary alicyclic amines) is 1. The summed E-state index contributed by atoms with van der Waals surface area (Å²) in [5.41, 5.74) is 6.17. The molecule has 2 aliphatic rings. The fraction of sp³-hybridized carbons (Fsp3) is 1.00. The Kier molecular flexibility index (Phi) is 3.82. The number of nitrogens with zero attached hydrogens (tertiary/aromatic N) is 1. The zero-order chi connectivity index (χ0) is 9.80. The fourth-order valence-electron chi connectivity index (χ4n) is 2.94. The minimum atomic E-state index is 0.491. The van der Waals surface area contributed by atoms with Gasteiger partial charge in [0.15, 0.2) is 0 Å². The average molecular weight is 196 g/mol. The highest BCUT2D eigenvalue weighted by Crippen LogP contribution is 2.24. The van der Waals surface area contributed by atoms with Crippen LogP contribution in [0.3, 0.4) is 0 Å². The topological polar surface area (TPSA) is 29.3 Å². The Labute approximate surface area is 87.8 Å². The molecule has 1 aliphatic heterocycles. The first-order valence-corrected chi connectivity index (χ1v) is 6.34. The Balaban J connectivity index is 1.76. The van der Waals surface area contributed by atoms with Gasteiger partial charge in [0, 0.05) is 12.6 Å². The van der Waals surface area contributed by atoms with Crippen LogP contribution in [0.5, 0.6) is 0 Å². The first-order chi connectivity index (χ1) is 6.86. The van der Waals surface area contributed by atoms with Crippen molar-refractivity contribution in [2.45, 2.75) is 51.0 Å². The highest BCUT2D eigenvalue weighted by Gasteiger charge is 2.24. The molecule has 2 fully saturated rings. The highest BCUT2D eigenvalue weighted by molar-refractivity contribution is 4.81. The summed E-state index contributed by atoms with van der Waals surface area (Å²) in [7, 11) is 0. The number of hydrogen-bond acceptors (Lipinski definition) is 2. The Hall–Kier alpha value is -0.0800. The van der Waals surface area contributed by atoms with Gasteiger partial charge < -0.3 is 10.6 Å². The first kappa shape index (κ1) is 10.4. The maximum atomic E-state index is 6.17. The van der Waals surface area contributed by atoms with Crippen molar-refractivity contribution in [1.82, 2.24) is 4.90 Å². The lowest BCUT2D eigenvalue weighted by molar-refractivity contribution is 0.161. The number of rotatable bonds is 2. The van der Waals surface area contributed by atoms with E-state index in [1.165, 1.54) is 64.6 Å². The van der Waals surface area contributed by atoms with Crippen LogP contribution in [0.15, 0.2) is 0 Å². The molecule has 1 heterocycles. The molecule has 2 heteroatoms. The molecule has 2 nitrogen and oxygen atoms in total. The van der Waals surface area contributed by atoms with Crippen LogP contribution in [0.25, 0.3) is 0 Å². The van der Waals surface area contributed by atoms with Crippen LogP contribution in [-0.4, -0.2) is 30.6 Å². The lowest BCUT2D eigenvalue weighted by Crippen LogP contribution is -2.42. The minimum absolute atomic E-state index is 0.491. The van der Waals surface area contributed by atoms with E-state index in [0.717, 1.165) is 5.92 Å². The summed E-state index contributed by atoms with van der Waals surface area (Å²) in [5.74, 6) is 0.793. The molecule has 0 aromatic rings. The van der Waals surface area contributed by atoms with Crippen LogP contribution in [0, 0.1) is 5.92 Å². The molecule has 0 radical (unpaired) electrons. The van der Waals surface area contributed by atoms with E-state index in [1.54, 1.807) is 0 Å². The Morgan fingerprint density at radius 3 is 2.36 bits per heavy atom. The van der Waals surface area contributed by atoms with Gasteiger partial charge in [-0.05, 0) is 44.7 Å². The molecule has 1 saturated heterocycles. The van der Waals surface area contributed by atoms with Crippen molar-refractivity contribution >= 4 is 0 Å². The fourth-order valence-corrected chi connectivity index (χ4v) is 2.94. The largest absolute Gasteiger partial charge is 0.327 e. The second-order valence-electron chi connectivity index (χ2n) is 5.07. The molecule has 1 saturated carbocycles. The van der Waals surface area contributed by atoms with Gasteiger partial charge in [-0.1, -0.05) is 19.3 Å². The van der Waals surface area contributed by atoms with E-state index >= 15 is 0 Å². The van der Waals surface area contributed by atoms with E-state index < -0.39 is 0 Å². The van der Waals surface area contributed by atoms with Gasteiger partial charge in [0.05, 0.1) is 0 Å². The maximum absolute atomic E-state index is 6.17. The normalized spacial score (nSPS) is 35.8. The summed E-state index contributed by atoms with van der Waals surface area (Å²) >= 11 is 0. The molecule has 0 unspecified atom stereocenters. The molecule has 14 heavy (non-hydrogen) atoms. The van der Waals surface area contributed by atoms with Crippen LogP contribution in [-0.2, 0) is 0 Å². The molecule has 2 rings (SSSR count). The van der Waals surface area contributed by atoms with Gasteiger partial charge in [-0.3, -0.25) is 0 Å². The average Bonchev–Trinajstić information content (AvgIpc) is 2.23. The van der Waals surface area contributed by atoms with Crippen molar-refractivity contribution < 1.29 is 0 Å². The molecular formula is C12H24N2. The van der Waals surface area contributed by atoms with Crippen molar-refractivity contribution in [3.05, 3.63) is 0 Å². The predicted molar refractivity (Wildman–Crippen MR) is 60.2 cm³/mol. The molecule has 0 aromatic heterocycles. The summed E-state index contributed by atoms with van der Waals surface area (Å²) in [5, 5.41) is 0. The summed E-state index contributed by atoms with van der Waals surface area (Å²) in [6, 6.07) is 0.491. The third kappa shape index (κ3) is 2.71. The van der Waals surface area contributed by atoms with Gasteiger partial charge in [-0.15, -0.1) is 0 Å². The summed E-state index contributed by atoms with van der Waals surface area (Å²) in [6.45, 7) is 3.92. The van der Waals surface area contributed by atoms with E-state index in [1.807, 2.05) is 0 Å². The monoisotopic (exact) mass is 196 g/mol.